The fourth-order valence-corrected chi connectivity index (χ4v) is 2.15. The SMILES string of the molecule is C=CC(=C)Nc1ccc(C(=C)N2CCCC2)cc1. The zero-order chi connectivity index (χ0) is 13.0. The van der Waals surface area contributed by atoms with Crippen molar-refractivity contribution in [2.45, 2.75) is 12.8 Å². The molecule has 0 atom stereocenters. The molecule has 1 heterocycles. The predicted molar refractivity (Wildman–Crippen MR) is 79.2 cm³/mol. The molecule has 94 valence electrons. The van der Waals surface area contributed by atoms with Crippen LogP contribution in [0.4, 0.5) is 5.69 Å². The number of rotatable bonds is 5. The Morgan fingerprint density at radius 1 is 1.11 bits per heavy atom. The van der Waals surface area contributed by atoms with Gasteiger partial charge in [-0.05, 0) is 36.6 Å². The molecule has 0 radical (unpaired) electrons. The molecule has 18 heavy (non-hydrogen) atoms. The summed E-state index contributed by atoms with van der Waals surface area (Å²) in [5.41, 5.74) is 4.15. The summed E-state index contributed by atoms with van der Waals surface area (Å²) in [5.74, 6) is 0. The van der Waals surface area contributed by atoms with Crippen molar-refractivity contribution in [1.82, 2.24) is 4.90 Å². The summed E-state index contributed by atoms with van der Waals surface area (Å²) >= 11 is 0. The summed E-state index contributed by atoms with van der Waals surface area (Å²) in [5, 5.41) is 3.17. The second kappa shape index (κ2) is 5.58. The van der Waals surface area contributed by atoms with Gasteiger partial charge >= 0.3 is 0 Å². The van der Waals surface area contributed by atoms with Crippen LogP contribution in [0.5, 0.6) is 0 Å². The Morgan fingerprint density at radius 2 is 1.72 bits per heavy atom. The summed E-state index contributed by atoms with van der Waals surface area (Å²) in [6.07, 6.45) is 4.26. The van der Waals surface area contributed by atoms with Gasteiger partial charge < -0.3 is 10.2 Å². The smallest absolute Gasteiger partial charge is 0.0384 e. The van der Waals surface area contributed by atoms with E-state index in [2.05, 4.69) is 42.1 Å². The maximum absolute atomic E-state index is 4.19. The number of benzene rings is 1. The molecular formula is C16H20N2. The van der Waals surface area contributed by atoms with E-state index < -0.39 is 0 Å². The van der Waals surface area contributed by atoms with Crippen molar-refractivity contribution < 1.29 is 0 Å². The van der Waals surface area contributed by atoms with E-state index in [4.69, 9.17) is 0 Å². The first-order chi connectivity index (χ1) is 8.70. The Bertz CT molecular complexity index is 450. The van der Waals surface area contributed by atoms with Crippen LogP contribution in [0.15, 0.2) is 55.8 Å². The van der Waals surface area contributed by atoms with E-state index in [-0.39, 0.29) is 0 Å². The summed E-state index contributed by atoms with van der Waals surface area (Å²) < 4.78 is 0. The first-order valence-corrected chi connectivity index (χ1v) is 6.33. The van der Waals surface area contributed by atoms with Crippen LogP contribution in [0, 0.1) is 0 Å². The number of nitrogens with one attached hydrogen (secondary N) is 1. The van der Waals surface area contributed by atoms with Crippen LogP contribution >= 0.6 is 0 Å². The van der Waals surface area contributed by atoms with E-state index in [1.807, 2.05) is 12.1 Å². The second-order valence-electron chi connectivity index (χ2n) is 4.57. The van der Waals surface area contributed by atoms with Crippen molar-refractivity contribution >= 4 is 11.4 Å². The summed E-state index contributed by atoms with van der Waals surface area (Å²) in [6.45, 7) is 14.0. The third kappa shape index (κ3) is 2.83. The Morgan fingerprint density at radius 3 is 2.28 bits per heavy atom. The standard InChI is InChI=1S/C16H20N2/c1-4-13(2)17-16-9-7-15(8-10-16)14(3)18-11-5-6-12-18/h4,7-10,17H,1-3,5-6,11-12H2. The fraction of sp³-hybridized carbons (Fsp3) is 0.250. The molecule has 1 aliphatic rings. The number of hydrogen-bond donors (Lipinski definition) is 1. The summed E-state index contributed by atoms with van der Waals surface area (Å²) in [4.78, 5) is 2.35. The van der Waals surface area contributed by atoms with Gasteiger partial charge in [0.1, 0.15) is 0 Å². The number of likely N-dealkylation sites (tertiary alicyclic amines) is 1. The molecule has 1 aromatic carbocycles. The van der Waals surface area contributed by atoms with Crippen molar-refractivity contribution in [2.75, 3.05) is 18.4 Å². The third-order valence-electron chi connectivity index (χ3n) is 3.26. The van der Waals surface area contributed by atoms with E-state index in [0.29, 0.717) is 0 Å². The molecular weight excluding hydrogens is 220 g/mol. The molecule has 2 nitrogen and oxygen atoms in total. The van der Waals surface area contributed by atoms with Crippen LogP contribution in [0.3, 0.4) is 0 Å². The maximum atomic E-state index is 4.19. The molecule has 1 N–H and O–H groups in total. The minimum absolute atomic E-state index is 0.807. The van der Waals surface area contributed by atoms with Crippen molar-refractivity contribution in [1.29, 1.82) is 0 Å². The van der Waals surface area contributed by atoms with Gasteiger partial charge in [0.2, 0.25) is 0 Å². The van der Waals surface area contributed by atoms with Gasteiger partial charge in [-0.2, -0.15) is 0 Å². The molecule has 1 aromatic rings. The molecule has 0 aliphatic carbocycles. The highest BCUT2D eigenvalue weighted by Gasteiger charge is 2.14. The minimum atomic E-state index is 0.807. The first kappa shape index (κ1) is 12.5. The highest BCUT2D eigenvalue weighted by Crippen LogP contribution is 2.23. The molecule has 2 heteroatoms. The zero-order valence-corrected chi connectivity index (χ0v) is 10.8. The largest absolute Gasteiger partial charge is 0.372 e. The molecule has 0 saturated carbocycles. The van der Waals surface area contributed by atoms with Gasteiger partial charge in [0.05, 0.1) is 0 Å². The summed E-state index contributed by atoms with van der Waals surface area (Å²) in [7, 11) is 0. The van der Waals surface area contributed by atoms with Crippen molar-refractivity contribution in [3.8, 4) is 0 Å². The van der Waals surface area contributed by atoms with Gasteiger partial charge in [0.25, 0.3) is 0 Å². The Kier molecular flexibility index (Phi) is 3.88. The van der Waals surface area contributed by atoms with Gasteiger partial charge in [-0.1, -0.05) is 31.9 Å². The van der Waals surface area contributed by atoms with Crippen LogP contribution in [0.1, 0.15) is 18.4 Å². The maximum Gasteiger partial charge on any atom is 0.0384 e. The molecule has 0 amide bonds. The topological polar surface area (TPSA) is 15.3 Å². The predicted octanol–water partition coefficient (Wildman–Crippen LogP) is 3.86. The molecule has 1 saturated heterocycles. The van der Waals surface area contributed by atoms with Gasteiger partial charge in [0.15, 0.2) is 0 Å². The molecule has 0 unspecified atom stereocenters. The average molecular weight is 240 g/mol. The number of hydrogen-bond acceptors (Lipinski definition) is 2. The van der Waals surface area contributed by atoms with Gasteiger partial charge in [0, 0.05) is 30.2 Å². The van der Waals surface area contributed by atoms with Crippen LogP contribution in [-0.4, -0.2) is 18.0 Å². The fourth-order valence-electron chi connectivity index (χ4n) is 2.15. The number of nitrogens with zero attached hydrogens (tertiary/aromatic N) is 1. The molecule has 0 aromatic heterocycles. The monoisotopic (exact) mass is 240 g/mol. The average Bonchev–Trinajstić information content (AvgIpc) is 2.92. The molecule has 0 bridgehead atoms. The second-order valence-corrected chi connectivity index (χ2v) is 4.57. The van der Waals surface area contributed by atoms with Crippen LogP contribution in [0.2, 0.25) is 0 Å². The Hall–Kier alpha value is -1.96. The lowest BCUT2D eigenvalue weighted by Gasteiger charge is -2.20. The van der Waals surface area contributed by atoms with E-state index in [1.54, 1.807) is 6.08 Å². The summed E-state index contributed by atoms with van der Waals surface area (Å²) in [6, 6.07) is 8.29. The van der Waals surface area contributed by atoms with E-state index in [9.17, 15) is 0 Å². The lowest BCUT2D eigenvalue weighted by Crippen LogP contribution is -2.16. The Labute approximate surface area is 109 Å². The lowest BCUT2D eigenvalue weighted by molar-refractivity contribution is 0.494. The molecule has 1 fully saturated rings. The quantitative estimate of drug-likeness (QED) is 0.786. The van der Waals surface area contributed by atoms with Crippen LogP contribution < -0.4 is 5.32 Å². The zero-order valence-electron chi connectivity index (χ0n) is 10.8. The van der Waals surface area contributed by atoms with Crippen molar-refractivity contribution in [3.63, 3.8) is 0 Å². The highest BCUT2D eigenvalue weighted by molar-refractivity contribution is 5.65. The van der Waals surface area contributed by atoms with Crippen LogP contribution in [0.25, 0.3) is 5.70 Å². The normalized spacial score (nSPS) is 14.3. The number of allylic oxidation sites excluding steroid dienone is 1. The van der Waals surface area contributed by atoms with Crippen molar-refractivity contribution in [2.24, 2.45) is 0 Å². The van der Waals surface area contributed by atoms with E-state index in [0.717, 1.165) is 30.2 Å². The van der Waals surface area contributed by atoms with Crippen molar-refractivity contribution in [3.05, 3.63) is 61.3 Å². The van der Waals surface area contributed by atoms with E-state index >= 15 is 0 Å². The van der Waals surface area contributed by atoms with E-state index in [1.165, 1.54) is 18.4 Å². The van der Waals surface area contributed by atoms with Crippen LogP contribution in [-0.2, 0) is 0 Å². The minimum Gasteiger partial charge on any atom is -0.372 e. The van der Waals surface area contributed by atoms with Gasteiger partial charge in [-0.25, -0.2) is 0 Å². The molecule has 0 spiro atoms. The van der Waals surface area contributed by atoms with Gasteiger partial charge in [-0.3, -0.25) is 0 Å². The first-order valence-electron chi connectivity index (χ1n) is 6.33. The molecule has 2 rings (SSSR count). The molecule has 1 aliphatic heterocycles. The lowest BCUT2D eigenvalue weighted by atomic mass is 10.1. The van der Waals surface area contributed by atoms with Gasteiger partial charge in [-0.15, -0.1) is 0 Å². The number of anilines is 1. The highest BCUT2D eigenvalue weighted by atomic mass is 15.1. The third-order valence-corrected chi connectivity index (χ3v) is 3.26. The Balaban J connectivity index is 2.04.